The maximum atomic E-state index is 12.6. The first-order valence-electron chi connectivity index (χ1n) is 7.90. The van der Waals surface area contributed by atoms with Gasteiger partial charge in [0.25, 0.3) is 5.91 Å². The standard InChI is InChI=1S/C16H25N3O3/c1-18(2)10-14-3-5-16(22-14)11-19(7-8-21-12-16)15(20)13-4-6-17-9-13/h4,6,9,14,17H,3,5,7-8,10-12H2,1-2H3/t14?,16-/m0/s1. The summed E-state index contributed by atoms with van der Waals surface area (Å²) in [5.41, 5.74) is 0.350. The van der Waals surface area contributed by atoms with Crippen molar-refractivity contribution in [3.8, 4) is 0 Å². The monoisotopic (exact) mass is 307 g/mol. The van der Waals surface area contributed by atoms with Gasteiger partial charge in [0.2, 0.25) is 0 Å². The number of nitrogens with one attached hydrogen (secondary N) is 1. The van der Waals surface area contributed by atoms with Gasteiger partial charge in [-0.1, -0.05) is 0 Å². The lowest BCUT2D eigenvalue weighted by Crippen LogP contribution is -2.47. The number of hydrogen-bond donors (Lipinski definition) is 1. The van der Waals surface area contributed by atoms with Gasteiger partial charge >= 0.3 is 0 Å². The third-order valence-electron chi connectivity index (χ3n) is 4.39. The quantitative estimate of drug-likeness (QED) is 0.904. The van der Waals surface area contributed by atoms with Crippen LogP contribution in [0.1, 0.15) is 23.2 Å². The van der Waals surface area contributed by atoms with Crippen LogP contribution in [-0.4, -0.2) is 79.3 Å². The molecule has 0 bridgehead atoms. The van der Waals surface area contributed by atoms with E-state index in [9.17, 15) is 4.79 Å². The predicted molar refractivity (Wildman–Crippen MR) is 82.9 cm³/mol. The second-order valence-electron chi connectivity index (χ2n) is 6.60. The summed E-state index contributed by atoms with van der Waals surface area (Å²) in [6, 6.07) is 1.81. The maximum Gasteiger partial charge on any atom is 0.255 e. The molecule has 1 spiro atoms. The predicted octanol–water partition coefficient (Wildman–Crippen LogP) is 0.967. The third-order valence-corrected chi connectivity index (χ3v) is 4.39. The van der Waals surface area contributed by atoms with Crippen LogP contribution in [0.5, 0.6) is 0 Å². The highest BCUT2D eigenvalue weighted by molar-refractivity contribution is 5.94. The number of amides is 1. The smallest absolute Gasteiger partial charge is 0.255 e. The summed E-state index contributed by atoms with van der Waals surface area (Å²) in [7, 11) is 4.11. The first kappa shape index (κ1) is 15.5. The molecule has 1 amide bonds. The van der Waals surface area contributed by atoms with E-state index in [1.165, 1.54) is 0 Å². The number of ether oxygens (including phenoxy) is 2. The number of H-pyrrole nitrogens is 1. The van der Waals surface area contributed by atoms with Crippen LogP contribution in [0, 0.1) is 0 Å². The molecule has 2 saturated heterocycles. The van der Waals surface area contributed by atoms with Crippen molar-refractivity contribution in [3.05, 3.63) is 24.0 Å². The third kappa shape index (κ3) is 3.34. The van der Waals surface area contributed by atoms with Gasteiger partial charge in [0.15, 0.2) is 0 Å². The van der Waals surface area contributed by atoms with Gasteiger partial charge in [-0.15, -0.1) is 0 Å². The fourth-order valence-electron chi connectivity index (χ4n) is 3.37. The zero-order valence-electron chi connectivity index (χ0n) is 13.4. The number of aromatic nitrogens is 1. The van der Waals surface area contributed by atoms with Gasteiger partial charge in [0.1, 0.15) is 5.60 Å². The van der Waals surface area contributed by atoms with Crippen LogP contribution in [0.25, 0.3) is 0 Å². The van der Waals surface area contributed by atoms with Crippen LogP contribution < -0.4 is 0 Å². The molecule has 0 aliphatic carbocycles. The molecule has 2 atom stereocenters. The van der Waals surface area contributed by atoms with Gasteiger partial charge in [-0.3, -0.25) is 4.79 Å². The molecule has 122 valence electrons. The van der Waals surface area contributed by atoms with Crippen LogP contribution in [0.4, 0.5) is 0 Å². The van der Waals surface area contributed by atoms with E-state index in [1.807, 2.05) is 11.0 Å². The molecular formula is C16H25N3O3. The Hall–Kier alpha value is -1.37. The van der Waals surface area contributed by atoms with Crippen molar-refractivity contribution in [1.82, 2.24) is 14.8 Å². The Balaban J connectivity index is 1.69. The molecule has 22 heavy (non-hydrogen) atoms. The normalized spacial score (nSPS) is 29.2. The van der Waals surface area contributed by atoms with Gasteiger partial charge < -0.3 is 24.3 Å². The summed E-state index contributed by atoms with van der Waals surface area (Å²) in [4.78, 5) is 19.6. The summed E-state index contributed by atoms with van der Waals surface area (Å²) in [6.07, 6.45) is 5.71. The van der Waals surface area contributed by atoms with Gasteiger partial charge in [-0.05, 0) is 33.0 Å². The summed E-state index contributed by atoms with van der Waals surface area (Å²) >= 11 is 0. The molecule has 6 heteroatoms. The molecule has 0 aromatic carbocycles. The van der Waals surface area contributed by atoms with Crippen LogP contribution in [0.3, 0.4) is 0 Å². The second-order valence-corrected chi connectivity index (χ2v) is 6.60. The Labute approximate surface area is 131 Å². The lowest BCUT2D eigenvalue weighted by molar-refractivity contribution is -0.0878. The highest BCUT2D eigenvalue weighted by Crippen LogP contribution is 2.33. The fraction of sp³-hybridized carbons (Fsp3) is 0.688. The number of aromatic amines is 1. The number of likely N-dealkylation sites (N-methyl/N-ethyl adjacent to an activating group) is 1. The van der Waals surface area contributed by atoms with Crippen molar-refractivity contribution in [2.75, 3.05) is 46.9 Å². The largest absolute Gasteiger partial charge is 0.377 e. The number of carbonyl (C=O) groups excluding carboxylic acids is 1. The number of hydrogen-bond acceptors (Lipinski definition) is 4. The Kier molecular flexibility index (Phi) is 4.52. The number of carbonyl (C=O) groups is 1. The summed E-state index contributed by atoms with van der Waals surface area (Å²) in [6.45, 7) is 3.29. The van der Waals surface area contributed by atoms with E-state index in [1.54, 1.807) is 12.4 Å². The van der Waals surface area contributed by atoms with E-state index in [4.69, 9.17) is 9.47 Å². The molecular weight excluding hydrogens is 282 g/mol. The molecule has 3 rings (SSSR count). The highest BCUT2D eigenvalue weighted by atomic mass is 16.6. The van der Waals surface area contributed by atoms with Crippen LogP contribution >= 0.6 is 0 Å². The van der Waals surface area contributed by atoms with E-state index in [0.29, 0.717) is 31.9 Å². The SMILES string of the molecule is CN(C)CC1CC[C@]2(COCCN(C(=O)c3cc[nH]c3)C2)O1. The summed E-state index contributed by atoms with van der Waals surface area (Å²) < 4.78 is 12.1. The lowest BCUT2D eigenvalue weighted by atomic mass is 10.00. The van der Waals surface area contributed by atoms with Crippen LogP contribution in [0.2, 0.25) is 0 Å². The van der Waals surface area contributed by atoms with Gasteiger partial charge in [-0.2, -0.15) is 0 Å². The fourth-order valence-corrected chi connectivity index (χ4v) is 3.37. The minimum atomic E-state index is -0.344. The molecule has 1 aromatic rings. The van der Waals surface area contributed by atoms with Gasteiger partial charge in [-0.25, -0.2) is 0 Å². The second kappa shape index (κ2) is 6.40. The summed E-state index contributed by atoms with van der Waals surface area (Å²) in [5, 5.41) is 0. The average Bonchev–Trinajstić information content (AvgIpc) is 3.07. The van der Waals surface area contributed by atoms with E-state index >= 15 is 0 Å². The molecule has 1 unspecified atom stereocenters. The maximum absolute atomic E-state index is 12.6. The van der Waals surface area contributed by atoms with Crippen LogP contribution in [0.15, 0.2) is 18.5 Å². The Morgan fingerprint density at radius 1 is 1.55 bits per heavy atom. The summed E-state index contributed by atoms with van der Waals surface area (Å²) in [5.74, 6) is 0.0470. The van der Waals surface area contributed by atoms with Crippen LogP contribution in [-0.2, 0) is 9.47 Å². The molecule has 3 heterocycles. The topological polar surface area (TPSA) is 57.8 Å². The van der Waals surface area contributed by atoms with E-state index in [0.717, 1.165) is 19.4 Å². The average molecular weight is 307 g/mol. The zero-order valence-corrected chi connectivity index (χ0v) is 13.4. The number of rotatable bonds is 3. The van der Waals surface area contributed by atoms with Crippen molar-refractivity contribution in [2.24, 2.45) is 0 Å². The Morgan fingerprint density at radius 2 is 2.41 bits per heavy atom. The zero-order chi connectivity index (χ0) is 15.6. The van der Waals surface area contributed by atoms with Crippen molar-refractivity contribution in [3.63, 3.8) is 0 Å². The molecule has 6 nitrogen and oxygen atoms in total. The molecule has 2 aliphatic heterocycles. The van der Waals surface area contributed by atoms with Crippen molar-refractivity contribution < 1.29 is 14.3 Å². The van der Waals surface area contributed by atoms with Crippen molar-refractivity contribution in [1.29, 1.82) is 0 Å². The Bertz CT molecular complexity index is 503. The molecule has 2 aliphatic rings. The number of nitrogens with zero attached hydrogens (tertiary/aromatic N) is 2. The van der Waals surface area contributed by atoms with E-state index < -0.39 is 0 Å². The molecule has 0 radical (unpaired) electrons. The van der Waals surface area contributed by atoms with Crippen molar-refractivity contribution >= 4 is 5.91 Å². The molecule has 1 aromatic heterocycles. The molecule has 2 fully saturated rings. The minimum Gasteiger partial charge on any atom is -0.377 e. The van der Waals surface area contributed by atoms with Gasteiger partial charge in [0, 0.05) is 25.5 Å². The molecule has 0 saturated carbocycles. The first-order chi connectivity index (χ1) is 10.6. The highest BCUT2D eigenvalue weighted by Gasteiger charge is 2.44. The van der Waals surface area contributed by atoms with E-state index in [-0.39, 0.29) is 17.6 Å². The first-order valence-corrected chi connectivity index (χ1v) is 7.90. The van der Waals surface area contributed by atoms with Crippen molar-refractivity contribution in [2.45, 2.75) is 24.5 Å². The van der Waals surface area contributed by atoms with E-state index in [2.05, 4.69) is 24.0 Å². The minimum absolute atomic E-state index is 0.0470. The molecule has 1 N–H and O–H groups in total. The Morgan fingerprint density at radius 3 is 3.14 bits per heavy atom. The lowest BCUT2D eigenvalue weighted by Gasteiger charge is -2.32. The van der Waals surface area contributed by atoms with Gasteiger partial charge in [0.05, 0.1) is 31.4 Å².